The molecule has 0 saturated heterocycles. The fourth-order valence-electron chi connectivity index (χ4n) is 4.01. The molecular formula is C25H23FN6O2. The van der Waals surface area contributed by atoms with Gasteiger partial charge < -0.3 is 19.1 Å². The summed E-state index contributed by atoms with van der Waals surface area (Å²) in [6.45, 7) is 4.87. The molecule has 34 heavy (non-hydrogen) atoms. The van der Waals surface area contributed by atoms with Gasteiger partial charge in [0.2, 0.25) is 0 Å². The van der Waals surface area contributed by atoms with Gasteiger partial charge in [-0.05, 0) is 44.2 Å². The predicted octanol–water partition coefficient (Wildman–Crippen LogP) is 5.02. The summed E-state index contributed by atoms with van der Waals surface area (Å²) in [5.74, 6) is 2.15. The van der Waals surface area contributed by atoms with Gasteiger partial charge in [0.05, 0.1) is 18.3 Å². The van der Waals surface area contributed by atoms with Crippen molar-refractivity contribution in [2.45, 2.75) is 20.4 Å². The number of methoxy groups -OCH3 is 1. The highest BCUT2D eigenvalue weighted by Gasteiger charge is 2.14. The van der Waals surface area contributed by atoms with Crippen LogP contribution >= 0.6 is 0 Å². The topological polar surface area (TPSA) is 90.9 Å². The van der Waals surface area contributed by atoms with Crippen LogP contribution in [0.3, 0.4) is 0 Å². The molecule has 172 valence electrons. The number of anilines is 1. The van der Waals surface area contributed by atoms with Crippen molar-refractivity contribution in [1.82, 2.24) is 24.7 Å². The maximum atomic E-state index is 14.6. The molecule has 9 heteroatoms. The van der Waals surface area contributed by atoms with E-state index in [1.807, 2.05) is 47.9 Å². The van der Waals surface area contributed by atoms with Gasteiger partial charge in [-0.3, -0.25) is 0 Å². The Balaban J connectivity index is 1.30. The number of fused-ring (bicyclic) bond motifs is 1. The third-order valence-corrected chi connectivity index (χ3v) is 5.66. The fourth-order valence-corrected chi connectivity index (χ4v) is 4.01. The summed E-state index contributed by atoms with van der Waals surface area (Å²) in [4.78, 5) is 13.0. The number of aromatic nitrogens is 5. The molecule has 0 atom stereocenters. The van der Waals surface area contributed by atoms with E-state index in [4.69, 9.17) is 9.26 Å². The van der Waals surface area contributed by atoms with Gasteiger partial charge in [-0.25, -0.2) is 14.4 Å². The highest BCUT2D eigenvalue weighted by molar-refractivity contribution is 5.88. The molecule has 0 aliphatic rings. The minimum Gasteiger partial charge on any atom is -0.496 e. The summed E-state index contributed by atoms with van der Waals surface area (Å²) in [5.41, 5.74) is 4.06. The van der Waals surface area contributed by atoms with Crippen LogP contribution in [0.4, 0.5) is 10.2 Å². The number of ether oxygens (including phenoxy) is 1. The molecule has 0 bridgehead atoms. The molecule has 2 aromatic carbocycles. The van der Waals surface area contributed by atoms with Crippen molar-refractivity contribution in [3.63, 3.8) is 0 Å². The Labute approximate surface area is 195 Å². The number of benzene rings is 2. The summed E-state index contributed by atoms with van der Waals surface area (Å²) in [5, 5.41) is 7.91. The van der Waals surface area contributed by atoms with E-state index < -0.39 is 0 Å². The van der Waals surface area contributed by atoms with Crippen LogP contribution in [0.1, 0.15) is 11.5 Å². The van der Waals surface area contributed by atoms with E-state index >= 15 is 0 Å². The molecule has 3 aromatic heterocycles. The maximum absolute atomic E-state index is 14.6. The predicted molar refractivity (Wildman–Crippen MR) is 127 cm³/mol. The second-order valence-corrected chi connectivity index (χ2v) is 7.89. The van der Waals surface area contributed by atoms with Crippen LogP contribution < -0.4 is 10.1 Å². The van der Waals surface area contributed by atoms with Gasteiger partial charge in [-0.15, -0.1) is 0 Å². The average molecular weight is 458 g/mol. The third-order valence-electron chi connectivity index (χ3n) is 5.66. The van der Waals surface area contributed by atoms with Gasteiger partial charge in [0.15, 0.2) is 5.82 Å². The Bertz CT molecular complexity index is 1460. The second-order valence-electron chi connectivity index (χ2n) is 7.89. The number of hydrogen-bond acceptors (Lipinski definition) is 7. The number of nitrogens with zero attached hydrogens (tertiary/aromatic N) is 5. The van der Waals surface area contributed by atoms with Gasteiger partial charge in [0, 0.05) is 41.4 Å². The second kappa shape index (κ2) is 8.93. The van der Waals surface area contributed by atoms with Crippen LogP contribution in [0, 0.1) is 19.7 Å². The lowest BCUT2D eigenvalue weighted by molar-refractivity contribution is 0.419. The van der Waals surface area contributed by atoms with E-state index in [0.29, 0.717) is 41.9 Å². The lowest BCUT2D eigenvalue weighted by atomic mass is 10.1. The average Bonchev–Trinajstić information content (AvgIpc) is 3.43. The van der Waals surface area contributed by atoms with E-state index in [1.165, 1.54) is 12.4 Å². The minimum absolute atomic E-state index is 0.271. The van der Waals surface area contributed by atoms with Crippen LogP contribution in [-0.4, -0.2) is 38.3 Å². The minimum atomic E-state index is -0.271. The molecule has 0 fully saturated rings. The molecule has 0 unspecified atom stereocenters. The first-order valence-electron chi connectivity index (χ1n) is 10.8. The summed E-state index contributed by atoms with van der Waals surface area (Å²) >= 11 is 0. The molecule has 5 aromatic rings. The maximum Gasteiger partial charge on any atom is 0.257 e. The smallest absolute Gasteiger partial charge is 0.257 e. The van der Waals surface area contributed by atoms with Gasteiger partial charge in [0.25, 0.3) is 5.89 Å². The van der Waals surface area contributed by atoms with E-state index in [9.17, 15) is 4.39 Å². The number of hydrogen-bond donors (Lipinski definition) is 1. The molecule has 8 nitrogen and oxygen atoms in total. The molecule has 0 saturated carbocycles. The molecule has 0 radical (unpaired) electrons. The fraction of sp³-hybridized carbons (Fsp3) is 0.200. The van der Waals surface area contributed by atoms with E-state index in [-0.39, 0.29) is 5.82 Å². The Morgan fingerprint density at radius 1 is 1.03 bits per heavy atom. The highest BCUT2D eigenvalue weighted by Crippen LogP contribution is 2.31. The Morgan fingerprint density at radius 2 is 1.82 bits per heavy atom. The first-order valence-corrected chi connectivity index (χ1v) is 10.8. The highest BCUT2D eigenvalue weighted by atomic mass is 19.1. The molecule has 0 aliphatic heterocycles. The third kappa shape index (κ3) is 4.07. The van der Waals surface area contributed by atoms with Crippen molar-refractivity contribution in [1.29, 1.82) is 0 Å². The van der Waals surface area contributed by atoms with Crippen molar-refractivity contribution < 1.29 is 13.7 Å². The number of aryl methyl sites for hydroxylation is 2. The Kier molecular flexibility index (Phi) is 5.67. The van der Waals surface area contributed by atoms with E-state index in [1.54, 1.807) is 20.1 Å². The largest absolute Gasteiger partial charge is 0.496 e. The van der Waals surface area contributed by atoms with Gasteiger partial charge in [0.1, 0.15) is 23.7 Å². The Morgan fingerprint density at radius 3 is 2.56 bits per heavy atom. The SMILES string of the molecule is COc1ccc(F)c2c1cc(C)n2CCNc1cc(-c2ccc(-c3nc(C)no3)cc2)ncn1. The van der Waals surface area contributed by atoms with Crippen molar-refractivity contribution in [2.75, 3.05) is 19.0 Å². The van der Waals surface area contributed by atoms with Crippen LogP contribution in [0.2, 0.25) is 0 Å². The van der Waals surface area contributed by atoms with Crippen molar-refractivity contribution in [3.05, 3.63) is 72.2 Å². The monoisotopic (exact) mass is 458 g/mol. The van der Waals surface area contributed by atoms with Gasteiger partial charge in [-0.2, -0.15) is 4.98 Å². The van der Waals surface area contributed by atoms with Crippen molar-refractivity contribution >= 4 is 16.7 Å². The summed E-state index contributed by atoms with van der Waals surface area (Å²) in [6, 6.07) is 14.7. The van der Waals surface area contributed by atoms with Crippen molar-refractivity contribution in [3.8, 4) is 28.5 Å². The zero-order chi connectivity index (χ0) is 23.7. The van der Waals surface area contributed by atoms with Gasteiger partial charge in [-0.1, -0.05) is 17.3 Å². The molecule has 0 spiro atoms. The lowest BCUT2D eigenvalue weighted by Crippen LogP contribution is -2.13. The zero-order valence-corrected chi connectivity index (χ0v) is 19.0. The van der Waals surface area contributed by atoms with Crippen LogP contribution in [-0.2, 0) is 6.54 Å². The van der Waals surface area contributed by atoms with Gasteiger partial charge >= 0.3 is 0 Å². The first kappa shape index (κ1) is 21.6. The van der Waals surface area contributed by atoms with E-state index in [2.05, 4.69) is 25.4 Å². The summed E-state index contributed by atoms with van der Waals surface area (Å²) in [7, 11) is 1.59. The number of rotatable bonds is 7. The molecule has 0 aliphatic carbocycles. The summed E-state index contributed by atoms with van der Waals surface area (Å²) < 4.78 is 27.1. The molecule has 3 heterocycles. The molecular weight excluding hydrogens is 435 g/mol. The Hall–Kier alpha value is -4.27. The lowest BCUT2D eigenvalue weighted by Gasteiger charge is -2.12. The number of halogens is 1. The quantitative estimate of drug-likeness (QED) is 0.366. The normalized spacial score (nSPS) is 11.2. The van der Waals surface area contributed by atoms with Crippen LogP contribution in [0.15, 0.2) is 59.4 Å². The molecule has 5 rings (SSSR count). The standard InChI is InChI=1S/C25H23FN6O2/c1-15-12-19-22(33-3)9-8-20(26)24(19)32(15)11-10-27-23-13-21(28-14-29-23)17-4-6-18(7-5-17)25-30-16(2)31-34-25/h4-9,12-14H,10-11H2,1-3H3,(H,27,28,29). The molecule has 0 amide bonds. The van der Waals surface area contributed by atoms with Crippen LogP contribution in [0.5, 0.6) is 5.75 Å². The number of nitrogens with one attached hydrogen (secondary N) is 1. The van der Waals surface area contributed by atoms with Crippen LogP contribution in [0.25, 0.3) is 33.6 Å². The first-order chi connectivity index (χ1) is 16.5. The van der Waals surface area contributed by atoms with Crippen molar-refractivity contribution in [2.24, 2.45) is 0 Å². The molecule has 1 N–H and O–H groups in total. The summed E-state index contributed by atoms with van der Waals surface area (Å²) in [6.07, 6.45) is 1.52. The van der Waals surface area contributed by atoms with E-state index in [0.717, 1.165) is 27.9 Å². The zero-order valence-electron chi connectivity index (χ0n) is 19.0.